The molecule has 3 N–H and O–H groups in total. The first kappa shape index (κ1) is 13.3. The topological polar surface area (TPSA) is 39.8 Å². The Kier molecular flexibility index (Phi) is 5.03. The Bertz CT molecular complexity index is 275. The van der Waals surface area contributed by atoms with Crippen molar-refractivity contribution >= 4 is 0 Å². The van der Waals surface area contributed by atoms with Crippen molar-refractivity contribution in [1.29, 1.82) is 0 Å². The molecule has 0 saturated carbocycles. The second-order valence-electron chi connectivity index (χ2n) is 5.27. The molecule has 0 aliphatic carbocycles. The summed E-state index contributed by atoms with van der Waals surface area (Å²) in [5, 5.41) is 6.89. The highest BCUT2D eigenvalue weighted by atomic mass is 15.0. The van der Waals surface area contributed by atoms with Gasteiger partial charge >= 0.3 is 0 Å². The Balaban J connectivity index is 2.22. The lowest BCUT2D eigenvalue weighted by molar-refractivity contribution is 0.459. The normalized spacial score (nSPS) is 12.3. The second-order valence-corrected chi connectivity index (χ2v) is 5.27. The SMILES string of the molecule is CC(C)NCCNCC(C)(C)c1cc[nH]c1. The summed E-state index contributed by atoms with van der Waals surface area (Å²) in [4.78, 5) is 3.11. The second kappa shape index (κ2) is 6.06. The van der Waals surface area contributed by atoms with Gasteiger partial charge in [-0.3, -0.25) is 0 Å². The highest BCUT2D eigenvalue weighted by Crippen LogP contribution is 2.21. The van der Waals surface area contributed by atoms with Gasteiger partial charge in [-0.15, -0.1) is 0 Å². The van der Waals surface area contributed by atoms with Crippen LogP contribution >= 0.6 is 0 Å². The van der Waals surface area contributed by atoms with Crippen LogP contribution < -0.4 is 10.6 Å². The molecule has 0 bridgehead atoms. The molecule has 1 heterocycles. The highest BCUT2D eigenvalue weighted by molar-refractivity contribution is 5.20. The van der Waals surface area contributed by atoms with Crippen molar-refractivity contribution in [1.82, 2.24) is 15.6 Å². The molecule has 3 nitrogen and oxygen atoms in total. The molecule has 0 saturated heterocycles. The molecule has 1 aromatic heterocycles. The van der Waals surface area contributed by atoms with Crippen LogP contribution in [0.5, 0.6) is 0 Å². The number of aromatic nitrogens is 1. The molecule has 1 aromatic rings. The van der Waals surface area contributed by atoms with E-state index in [1.807, 2.05) is 6.20 Å². The van der Waals surface area contributed by atoms with Gasteiger partial charge in [-0.1, -0.05) is 27.7 Å². The van der Waals surface area contributed by atoms with E-state index in [1.165, 1.54) is 5.56 Å². The minimum absolute atomic E-state index is 0.192. The molecule has 16 heavy (non-hydrogen) atoms. The lowest BCUT2D eigenvalue weighted by Crippen LogP contribution is -2.37. The van der Waals surface area contributed by atoms with E-state index in [-0.39, 0.29) is 5.41 Å². The number of nitrogens with one attached hydrogen (secondary N) is 3. The smallest absolute Gasteiger partial charge is 0.00791 e. The summed E-state index contributed by atoms with van der Waals surface area (Å²) in [6.07, 6.45) is 4.06. The Morgan fingerprint density at radius 2 is 2.06 bits per heavy atom. The van der Waals surface area contributed by atoms with Gasteiger partial charge in [0, 0.05) is 43.5 Å². The van der Waals surface area contributed by atoms with E-state index in [2.05, 4.69) is 55.6 Å². The van der Waals surface area contributed by atoms with Gasteiger partial charge in [0.25, 0.3) is 0 Å². The first-order valence-corrected chi connectivity index (χ1v) is 6.10. The molecule has 0 spiro atoms. The third-order valence-electron chi connectivity index (χ3n) is 2.80. The molecule has 1 rings (SSSR count). The van der Waals surface area contributed by atoms with E-state index in [0.29, 0.717) is 6.04 Å². The lowest BCUT2D eigenvalue weighted by atomic mass is 9.86. The molecule has 3 heteroatoms. The van der Waals surface area contributed by atoms with Crippen molar-refractivity contribution in [3.63, 3.8) is 0 Å². The predicted octanol–water partition coefficient (Wildman–Crippen LogP) is 1.88. The van der Waals surface area contributed by atoms with E-state index < -0.39 is 0 Å². The van der Waals surface area contributed by atoms with E-state index in [4.69, 9.17) is 0 Å². The zero-order chi connectivity index (χ0) is 12.0. The van der Waals surface area contributed by atoms with Crippen LogP contribution in [0.4, 0.5) is 0 Å². The fourth-order valence-corrected chi connectivity index (χ4v) is 1.70. The maximum absolute atomic E-state index is 3.49. The van der Waals surface area contributed by atoms with E-state index in [9.17, 15) is 0 Å². The lowest BCUT2D eigenvalue weighted by Gasteiger charge is -2.24. The first-order valence-electron chi connectivity index (χ1n) is 6.10. The Hall–Kier alpha value is -0.800. The van der Waals surface area contributed by atoms with Crippen molar-refractivity contribution in [3.05, 3.63) is 24.0 Å². The summed E-state index contributed by atoms with van der Waals surface area (Å²) >= 11 is 0. The molecule has 0 amide bonds. The maximum atomic E-state index is 3.49. The molecular weight excluding hydrogens is 198 g/mol. The third kappa shape index (κ3) is 4.37. The molecule has 0 unspecified atom stereocenters. The summed E-state index contributed by atoms with van der Waals surface area (Å²) in [5.41, 5.74) is 1.55. The van der Waals surface area contributed by atoms with Crippen LogP contribution in [0.2, 0.25) is 0 Å². The van der Waals surface area contributed by atoms with Gasteiger partial charge in [0.05, 0.1) is 0 Å². The Labute approximate surface area is 99.0 Å². The fourth-order valence-electron chi connectivity index (χ4n) is 1.70. The van der Waals surface area contributed by atoms with Gasteiger partial charge < -0.3 is 15.6 Å². The van der Waals surface area contributed by atoms with E-state index in [0.717, 1.165) is 19.6 Å². The van der Waals surface area contributed by atoms with Crippen molar-refractivity contribution in [2.45, 2.75) is 39.2 Å². The van der Waals surface area contributed by atoms with Crippen molar-refractivity contribution < 1.29 is 0 Å². The maximum Gasteiger partial charge on any atom is 0.00791 e. The highest BCUT2D eigenvalue weighted by Gasteiger charge is 2.19. The van der Waals surface area contributed by atoms with Crippen LogP contribution in [0.3, 0.4) is 0 Å². The molecule has 92 valence electrons. The summed E-state index contributed by atoms with van der Waals surface area (Å²) in [5.74, 6) is 0. The first-order chi connectivity index (χ1) is 7.52. The number of hydrogen-bond acceptors (Lipinski definition) is 2. The molecule has 0 radical (unpaired) electrons. The molecule has 0 fully saturated rings. The zero-order valence-corrected chi connectivity index (χ0v) is 10.9. The zero-order valence-electron chi connectivity index (χ0n) is 10.9. The molecule has 0 aliphatic heterocycles. The molecule has 0 atom stereocenters. The number of rotatable bonds is 7. The Morgan fingerprint density at radius 1 is 1.31 bits per heavy atom. The van der Waals surface area contributed by atoms with Crippen LogP contribution in [-0.2, 0) is 5.41 Å². The standard InChI is InChI=1S/C13H25N3/c1-11(2)16-8-7-15-10-13(3,4)12-5-6-14-9-12/h5-6,9,11,14-16H,7-8,10H2,1-4H3. The van der Waals surface area contributed by atoms with Gasteiger partial charge in [0.15, 0.2) is 0 Å². The quantitative estimate of drug-likeness (QED) is 0.618. The average molecular weight is 223 g/mol. The van der Waals surface area contributed by atoms with Crippen LogP contribution in [0.25, 0.3) is 0 Å². The average Bonchev–Trinajstić information content (AvgIpc) is 2.69. The minimum atomic E-state index is 0.192. The van der Waals surface area contributed by atoms with Crippen LogP contribution in [0.1, 0.15) is 33.3 Å². The van der Waals surface area contributed by atoms with Crippen molar-refractivity contribution in [2.75, 3.05) is 19.6 Å². The predicted molar refractivity (Wildman–Crippen MR) is 69.8 cm³/mol. The molecule has 0 aromatic carbocycles. The van der Waals surface area contributed by atoms with Crippen LogP contribution in [-0.4, -0.2) is 30.7 Å². The van der Waals surface area contributed by atoms with Crippen LogP contribution in [0, 0.1) is 0 Å². The van der Waals surface area contributed by atoms with Gasteiger partial charge in [0.1, 0.15) is 0 Å². The monoisotopic (exact) mass is 223 g/mol. The summed E-state index contributed by atoms with van der Waals surface area (Å²) in [6.45, 7) is 11.9. The van der Waals surface area contributed by atoms with Crippen molar-refractivity contribution in [2.24, 2.45) is 0 Å². The molecular formula is C13H25N3. The van der Waals surface area contributed by atoms with Crippen molar-refractivity contribution in [3.8, 4) is 0 Å². The largest absolute Gasteiger partial charge is 0.367 e. The van der Waals surface area contributed by atoms with E-state index in [1.54, 1.807) is 0 Å². The van der Waals surface area contributed by atoms with Gasteiger partial charge in [-0.25, -0.2) is 0 Å². The fraction of sp³-hybridized carbons (Fsp3) is 0.692. The minimum Gasteiger partial charge on any atom is -0.367 e. The Morgan fingerprint density at radius 3 is 2.62 bits per heavy atom. The third-order valence-corrected chi connectivity index (χ3v) is 2.80. The summed E-state index contributed by atoms with van der Waals surface area (Å²) in [6, 6.07) is 2.72. The summed E-state index contributed by atoms with van der Waals surface area (Å²) in [7, 11) is 0. The van der Waals surface area contributed by atoms with E-state index >= 15 is 0 Å². The van der Waals surface area contributed by atoms with Gasteiger partial charge in [-0.05, 0) is 11.6 Å². The number of H-pyrrole nitrogens is 1. The van der Waals surface area contributed by atoms with Gasteiger partial charge in [0.2, 0.25) is 0 Å². The number of hydrogen-bond donors (Lipinski definition) is 3. The van der Waals surface area contributed by atoms with Crippen LogP contribution in [0.15, 0.2) is 18.5 Å². The summed E-state index contributed by atoms with van der Waals surface area (Å²) < 4.78 is 0. The van der Waals surface area contributed by atoms with Gasteiger partial charge in [-0.2, -0.15) is 0 Å². The number of aromatic amines is 1. The molecule has 0 aliphatic rings.